The molecule has 4 heteroatoms. The molecule has 2 N–H and O–H groups in total. The Bertz CT molecular complexity index is 625. The molecule has 1 aliphatic rings. The molecule has 0 aliphatic heterocycles. The molecule has 19 heavy (non-hydrogen) atoms. The summed E-state index contributed by atoms with van der Waals surface area (Å²) in [5.74, 6) is 1.39. The van der Waals surface area contributed by atoms with Gasteiger partial charge >= 0.3 is 0 Å². The fourth-order valence-corrected chi connectivity index (χ4v) is 2.53. The van der Waals surface area contributed by atoms with Gasteiger partial charge in [0.2, 0.25) is 0 Å². The first-order chi connectivity index (χ1) is 9.31. The van der Waals surface area contributed by atoms with Gasteiger partial charge in [0.15, 0.2) is 0 Å². The van der Waals surface area contributed by atoms with Crippen molar-refractivity contribution in [2.45, 2.75) is 25.7 Å². The van der Waals surface area contributed by atoms with Crippen molar-refractivity contribution >= 4 is 0 Å². The SMILES string of the molecule is O=c1[nH]c(CC2C=CCC2)ccc1Cc1ncc[nH]1. The molecule has 4 nitrogen and oxygen atoms in total. The Balaban J connectivity index is 1.74. The fraction of sp³-hybridized carbons (Fsp3) is 0.333. The standard InChI is InChI=1S/C15H17N3O/c19-15-12(10-14-16-7-8-17-14)5-6-13(18-15)9-11-3-1-2-4-11/h1,3,5-8,11H,2,4,9-10H2,(H,16,17)(H,18,19). The largest absolute Gasteiger partial charge is 0.348 e. The Morgan fingerprint density at radius 3 is 3.00 bits per heavy atom. The summed E-state index contributed by atoms with van der Waals surface area (Å²) < 4.78 is 0. The van der Waals surface area contributed by atoms with E-state index in [9.17, 15) is 4.79 Å². The number of hydrogen-bond acceptors (Lipinski definition) is 2. The van der Waals surface area contributed by atoms with Crippen LogP contribution in [0.1, 0.15) is 29.9 Å². The van der Waals surface area contributed by atoms with Crippen LogP contribution in [0.3, 0.4) is 0 Å². The lowest BCUT2D eigenvalue weighted by Crippen LogP contribution is -2.16. The minimum Gasteiger partial charge on any atom is -0.348 e. The van der Waals surface area contributed by atoms with Gasteiger partial charge in [-0.2, -0.15) is 0 Å². The van der Waals surface area contributed by atoms with E-state index in [1.54, 1.807) is 12.4 Å². The summed E-state index contributed by atoms with van der Waals surface area (Å²) in [7, 11) is 0. The number of aromatic nitrogens is 3. The zero-order valence-corrected chi connectivity index (χ0v) is 10.7. The topological polar surface area (TPSA) is 61.5 Å². The molecule has 0 radical (unpaired) electrons. The van der Waals surface area contributed by atoms with Crippen LogP contribution < -0.4 is 5.56 Å². The number of imidazole rings is 1. The van der Waals surface area contributed by atoms with E-state index >= 15 is 0 Å². The van der Waals surface area contributed by atoms with Gasteiger partial charge in [-0.05, 0) is 31.2 Å². The summed E-state index contributed by atoms with van der Waals surface area (Å²) in [4.78, 5) is 22.2. The molecule has 0 saturated heterocycles. The van der Waals surface area contributed by atoms with E-state index in [2.05, 4.69) is 27.1 Å². The summed E-state index contributed by atoms with van der Waals surface area (Å²) in [6.07, 6.45) is 11.7. The molecule has 0 amide bonds. The monoisotopic (exact) mass is 255 g/mol. The Kier molecular flexibility index (Phi) is 3.31. The second kappa shape index (κ2) is 5.26. The van der Waals surface area contributed by atoms with E-state index in [4.69, 9.17) is 0 Å². The molecule has 2 aromatic rings. The Morgan fingerprint density at radius 1 is 1.37 bits per heavy atom. The van der Waals surface area contributed by atoms with Crippen LogP contribution in [0.15, 0.2) is 41.5 Å². The normalized spacial score (nSPS) is 18.0. The first-order valence-electron chi connectivity index (χ1n) is 6.67. The first kappa shape index (κ1) is 12.0. The van der Waals surface area contributed by atoms with Crippen LogP contribution in [-0.2, 0) is 12.8 Å². The number of aromatic amines is 2. The average molecular weight is 255 g/mol. The van der Waals surface area contributed by atoms with Crippen molar-refractivity contribution < 1.29 is 0 Å². The minimum absolute atomic E-state index is 0.00382. The highest BCUT2D eigenvalue weighted by molar-refractivity contribution is 5.19. The van der Waals surface area contributed by atoms with Crippen molar-refractivity contribution in [1.82, 2.24) is 15.0 Å². The predicted molar refractivity (Wildman–Crippen MR) is 74.0 cm³/mol. The van der Waals surface area contributed by atoms with Crippen LogP contribution in [0.25, 0.3) is 0 Å². The maximum atomic E-state index is 12.0. The molecule has 1 aliphatic carbocycles. The lowest BCUT2D eigenvalue weighted by molar-refractivity contribution is 0.618. The molecule has 2 aromatic heterocycles. The third-order valence-electron chi connectivity index (χ3n) is 3.56. The van der Waals surface area contributed by atoms with Crippen molar-refractivity contribution in [3.63, 3.8) is 0 Å². The number of nitrogens with one attached hydrogen (secondary N) is 2. The third kappa shape index (κ3) is 2.84. The van der Waals surface area contributed by atoms with E-state index in [0.29, 0.717) is 12.3 Å². The molecule has 3 rings (SSSR count). The minimum atomic E-state index is -0.00382. The van der Waals surface area contributed by atoms with Crippen molar-refractivity contribution in [2.24, 2.45) is 5.92 Å². The predicted octanol–water partition coefficient (Wildman–Crippen LogP) is 2.20. The molecule has 98 valence electrons. The number of pyridine rings is 1. The maximum Gasteiger partial charge on any atom is 0.251 e. The van der Waals surface area contributed by atoms with Gasteiger partial charge in [0.25, 0.3) is 5.56 Å². The van der Waals surface area contributed by atoms with Crippen LogP contribution in [-0.4, -0.2) is 15.0 Å². The van der Waals surface area contributed by atoms with Gasteiger partial charge < -0.3 is 9.97 Å². The van der Waals surface area contributed by atoms with Gasteiger partial charge in [-0.3, -0.25) is 4.79 Å². The average Bonchev–Trinajstić information content (AvgIpc) is 3.05. The quantitative estimate of drug-likeness (QED) is 0.823. The van der Waals surface area contributed by atoms with Gasteiger partial charge in [0, 0.05) is 30.1 Å². The summed E-state index contributed by atoms with van der Waals surface area (Å²) in [6, 6.07) is 3.93. The molecule has 0 aromatic carbocycles. The van der Waals surface area contributed by atoms with E-state index in [0.717, 1.165) is 29.9 Å². The highest BCUT2D eigenvalue weighted by atomic mass is 16.1. The molecule has 1 atom stereocenters. The van der Waals surface area contributed by atoms with Crippen LogP contribution in [0, 0.1) is 5.92 Å². The van der Waals surface area contributed by atoms with Gasteiger partial charge in [-0.1, -0.05) is 18.2 Å². The van der Waals surface area contributed by atoms with Crippen LogP contribution in [0.2, 0.25) is 0 Å². The molecular formula is C15H17N3O. The zero-order valence-electron chi connectivity index (χ0n) is 10.7. The van der Waals surface area contributed by atoms with Gasteiger partial charge in [0.05, 0.1) is 0 Å². The van der Waals surface area contributed by atoms with Gasteiger partial charge in [-0.15, -0.1) is 0 Å². The summed E-state index contributed by atoms with van der Waals surface area (Å²) in [5, 5.41) is 0. The smallest absolute Gasteiger partial charge is 0.251 e. The van der Waals surface area contributed by atoms with Crippen LogP contribution >= 0.6 is 0 Å². The highest BCUT2D eigenvalue weighted by Crippen LogP contribution is 2.20. The number of rotatable bonds is 4. The molecule has 0 bridgehead atoms. The summed E-state index contributed by atoms with van der Waals surface area (Å²) in [5.41, 5.74) is 1.77. The van der Waals surface area contributed by atoms with Crippen molar-refractivity contribution in [1.29, 1.82) is 0 Å². The lowest BCUT2D eigenvalue weighted by atomic mass is 10.0. The molecular weight excluding hydrogens is 238 g/mol. The first-order valence-corrected chi connectivity index (χ1v) is 6.67. The van der Waals surface area contributed by atoms with E-state index < -0.39 is 0 Å². The van der Waals surface area contributed by atoms with Gasteiger partial charge in [0.1, 0.15) is 5.82 Å². The van der Waals surface area contributed by atoms with Crippen LogP contribution in [0.5, 0.6) is 0 Å². The van der Waals surface area contributed by atoms with Gasteiger partial charge in [-0.25, -0.2) is 4.98 Å². The zero-order chi connectivity index (χ0) is 13.1. The van der Waals surface area contributed by atoms with E-state index in [1.807, 2.05) is 12.1 Å². The Hall–Kier alpha value is -2.10. The second-order valence-corrected chi connectivity index (χ2v) is 5.02. The van der Waals surface area contributed by atoms with E-state index in [1.165, 1.54) is 6.42 Å². The summed E-state index contributed by atoms with van der Waals surface area (Å²) >= 11 is 0. The van der Waals surface area contributed by atoms with Crippen molar-refractivity contribution in [3.8, 4) is 0 Å². The van der Waals surface area contributed by atoms with Crippen molar-refractivity contribution in [3.05, 3.63) is 64.1 Å². The lowest BCUT2D eigenvalue weighted by Gasteiger charge is -2.08. The molecule has 0 fully saturated rings. The number of allylic oxidation sites excluding steroid dienone is 2. The summed E-state index contributed by atoms with van der Waals surface area (Å²) in [6.45, 7) is 0. The third-order valence-corrected chi connectivity index (χ3v) is 3.56. The molecule has 0 spiro atoms. The fourth-order valence-electron chi connectivity index (χ4n) is 2.53. The second-order valence-electron chi connectivity index (χ2n) is 5.02. The van der Waals surface area contributed by atoms with E-state index in [-0.39, 0.29) is 5.56 Å². The number of H-pyrrole nitrogens is 2. The Morgan fingerprint density at radius 2 is 2.32 bits per heavy atom. The highest BCUT2D eigenvalue weighted by Gasteiger charge is 2.11. The number of hydrogen-bond donors (Lipinski definition) is 2. The maximum absolute atomic E-state index is 12.0. The number of nitrogens with zero attached hydrogens (tertiary/aromatic N) is 1. The van der Waals surface area contributed by atoms with Crippen molar-refractivity contribution in [2.75, 3.05) is 0 Å². The molecule has 0 saturated carbocycles. The van der Waals surface area contributed by atoms with Crippen LogP contribution in [0.4, 0.5) is 0 Å². The molecule has 1 unspecified atom stereocenters. The molecule has 2 heterocycles. The Labute approximate surface area is 111 Å².